The molecule has 50 heavy (non-hydrogen) atoms. The van der Waals surface area contributed by atoms with E-state index in [-0.39, 0.29) is 33.6 Å². The van der Waals surface area contributed by atoms with E-state index in [0.717, 1.165) is 4.90 Å². The van der Waals surface area contributed by atoms with Crippen molar-refractivity contribution in [2.75, 3.05) is 9.80 Å². The molecule has 2 aliphatic heterocycles. The van der Waals surface area contributed by atoms with Crippen molar-refractivity contribution >= 4 is 86.7 Å². The van der Waals surface area contributed by atoms with Crippen LogP contribution >= 0.6 is 39.1 Å². The third-order valence-corrected chi connectivity index (χ3v) is 11.9. The number of alkyl halides is 2. The van der Waals surface area contributed by atoms with Crippen molar-refractivity contribution in [2.45, 2.75) is 28.5 Å². The van der Waals surface area contributed by atoms with Gasteiger partial charge in [-0.15, -0.1) is 23.2 Å². The van der Waals surface area contributed by atoms with E-state index in [1.165, 1.54) is 48.5 Å². The fourth-order valence-corrected chi connectivity index (χ4v) is 9.05. The molecule has 2 heterocycles. The zero-order valence-electron chi connectivity index (χ0n) is 24.8. The largest absolute Gasteiger partial charge is 0.508 e. The van der Waals surface area contributed by atoms with Gasteiger partial charge < -0.3 is 15.2 Å². The molecule has 4 amide bonds. The predicted molar refractivity (Wildman–Crippen MR) is 171 cm³/mol. The zero-order chi connectivity index (χ0) is 36.4. The van der Waals surface area contributed by atoms with Crippen LogP contribution in [0.2, 0.25) is 0 Å². The standard InChI is InChI=1S/C32H19BBrCl2F5N2O7/c34-12-4-7-18(44)16(9-12)20-14-5-6-15-19(28(46)42(27(15)45)13-3-1-2-11(8-13)33(49)50)17(14)10-31(35)29(47)43(30(48)32(20,31)36)26-24(40)22(38)21(37)23(39)25(26)41/h1-5,7-9,15,17,19-20,44,49-50H,6,10H2. The summed E-state index contributed by atoms with van der Waals surface area (Å²) in [6.45, 7) is 0. The maximum Gasteiger partial charge on any atom is 0.488 e. The Morgan fingerprint density at radius 1 is 0.820 bits per heavy atom. The summed E-state index contributed by atoms with van der Waals surface area (Å²) in [4.78, 5) is 51.5. The van der Waals surface area contributed by atoms with E-state index in [9.17, 15) is 47.5 Å². The number of carbonyl (C=O) groups is 4. The van der Waals surface area contributed by atoms with E-state index >= 15 is 8.78 Å². The minimum Gasteiger partial charge on any atom is -0.508 e. The number of allylic oxidation sites excluding steroid dienone is 2. The van der Waals surface area contributed by atoms with E-state index in [2.05, 4.69) is 15.9 Å². The molecule has 1 saturated carbocycles. The maximum atomic E-state index is 15.2. The topological polar surface area (TPSA) is 135 Å². The smallest absolute Gasteiger partial charge is 0.488 e. The van der Waals surface area contributed by atoms with Gasteiger partial charge in [0.2, 0.25) is 17.6 Å². The minimum absolute atomic E-state index is 0.00423. The van der Waals surface area contributed by atoms with E-state index in [4.69, 9.17) is 23.2 Å². The van der Waals surface area contributed by atoms with Crippen LogP contribution in [0.3, 0.4) is 0 Å². The van der Waals surface area contributed by atoms with Crippen LogP contribution in [0.15, 0.2) is 58.6 Å². The number of benzene rings is 3. The Balaban J connectivity index is 1.43. The number of carbonyl (C=O) groups excluding carboxylic acids is 4. The Labute approximate surface area is 297 Å². The molecule has 258 valence electrons. The van der Waals surface area contributed by atoms with Gasteiger partial charge in [-0.2, -0.15) is 0 Å². The van der Waals surface area contributed by atoms with Crippen LogP contribution in [0.4, 0.5) is 33.3 Å². The van der Waals surface area contributed by atoms with Crippen LogP contribution < -0.4 is 15.3 Å². The summed E-state index contributed by atoms with van der Waals surface area (Å²) in [7, 11) is -1.94. The lowest BCUT2D eigenvalue weighted by Gasteiger charge is -2.50. The van der Waals surface area contributed by atoms with Gasteiger partial charge in [0.15, 0.2) is 33.0 Å². The summed E-state index contributed by atoms with van der Waals surface area (Å²) in [6, 6.07) is 9.25. The number of halogens is 8. The number of aromatic hydroxyl groups is 1. The van der Waals surface area contributed by atoms with Crippen molar-refractivity contribution in [1.29, 1.82) is 0 Å². The Morgan fingerprint density at radius 3 is 2.10 bits per heavy atom. The highest BCUT2D eigenvalue weighted by Gasteiger charge is 2.77. The molecule has 4 aliphatic rings. The molecule has 3 aromatic rings. The molecule has 0 radical (unpaired) electrons. The monoisotopic (exact) mass is 798 g/mol. The summed E-state index contributed by atoms with van der Waals surface area (Å²) in [5.41, 5.74) is -1.95. The van der Waals surface area contributed by atoms with Gasteiger partial charge in [-0.05, 0) is 54.6 Å². The number of anilines is 2. The lowest BCUT2D eigenvalue weighted by Crippen LogP contribution is -2.60. The van der Waals surface area contributed by atoms with E-state index in [1.807, 2.05) is 0 Å². The first-order valence-corrected chi connectivity index (χ1v) is 16.3. The number of phenolic OH excluding ortho intramolecular Hbond substituents is 1. The van der Waals surface area contributed by atoms with Crippen molar-refractivity contribution in [3.05, 3.63) is 93.2 Å². The first kappa shape index (κ1) is 34.6. The van der Waals surface area contributed by atoms with Gasteiger partial charge in [0, 0.05) is 16.0 Å². The Kier molecular flexibility index (Phi) is 8.03. The second kappa shape index (κ2) is 11.6. The molecule has 6 unspecified atom stereocenters. The molecule has 6 atom stereocenters. The van der Waals surface area contributed by atoms with Crippen LogP contribution in [0.5, 0.6) is 5.75 Å². The molecule has 0 aromatic heterocycles. The maximum absolute atomic E-state index is 15.2. The number of nitrogens with zero attached hydrogens (tertiary/aromatic N) is 2. The molecule has 3 fully saturated rings. The molecule has 18 heteroatoms. The number of hydrogen-bond acceptors (Lipinski definition) is 7. The average Bonchev–Trinajstić information content (AvgIpc) is 3.42. The lowest BCUT2D eigenvalue weighted by atomic mass is 9.56. The number of fused-ring (bicyclic) bond motifs is 4. The molecule has 3 N–H and O–H groups in total. The van der Waals surface area contributed by atoms with Crippen LogP contribution in [0.25, 0.3) is 0 Å². The highest BCUT2D eigenvalue weighted by atomic mass is 79.9. The number of rotatable bonds is 4. The van der Waals surface area contributed by atoms with Gasteiger partial charge >= 0.3 is 7.12 Å². The van der Waals surface area contributed by atoms with Gasteiger partial charge in [-0.1, -0.05) is 39.7 Å². The van der Waals surface area contributed by atoms with Gasteiger partial charge in [0.05, 0.1) is 17.5 Å². The Hall–Kier alpha value is -3.83. The van der Waals surface area contributed by atoms with Crippen LogP contribution in [-0.2, 0) is 19.2 Å². The van der Waals surface area contributed by atoms with Crippen molar-refractivity contribution in [2.24, 2.45) is 17.8 Å². The third kappa shape index (κ3) is 4.44. The molecular weight excluding hydrogens is 781 g/mol. The van der Waals surface area contributed by atoms with E-state index in [1.54, 1.807) is 0 Å². The number of imide groups is 2. The molecule has 2 saturated heterocycles. The van der Waals surface area contributed by atoms with E-state index in [0.29, 0.717) is 4.47 Å². The predicted octanol–water partition coefficient (Wildman–Crippen LogP) is 4.30. The highest BCUT2D eigenvalue weighted by molar-refractivity contribution is 9.10. The van der Waals surface area contributed by atoms with Crippen molar-refractivity contribution in [3.63, 3.8) is 0 Å². The molecule has 0 bridgehead atoms. The van der Waals surface area contributed by atoms with Crippen LogP contribution in [-0.4, -0.2) is 55.7 Å². The van der Waals surface area contributed by atoms with Crippen molar-refractivity contribution in [3.8, 4) is 5.75 Å². The first-order chi connectivity index (χ1) is 23.5. The molecule has 2 aliphatic carbocycles. The third-order valence-electron chi connectivity index (χ3n) is 9.95. The number of phenols is 1. The zero-order valence-corrected chi connectivity index (χ0v) is 27.9. The summed E-state index contributed by atoms with van der Waals surface area (Å²) in [6.07, 6.45) is 0.630. The Morgan fingerprint density at radius 2 is 1.46 bits per heavy atom. The van der Waals surface area contributed by atoms with Gasteiger partial charge in [0.1, 0.15) is 11.4 Å². The molecule has 3 aromatic carbocycles. The fraction of sp³-hybridized carbons (Fsp3) is 0.250. The second-order valence-corrected chi connectivity index (χ2v) is 14.5. The summed E-state index contributed by atoms with van der Waals surface area (Å²) >= 11 is 17.4. The lowest BCUT2D eigenvalue weighted by molar-refractivity contribution is -0.125. The summed E-state index contributed by atoms with van der Waals surface area (Å²) < 4.78 is 73.5. The second-order valence-electron chi connectivity index (χ2n) is 12.4. The summed E-state index contributed by atoms with van der Waals surface area (Å²) in [5.74, 6) is -23.0. The highest BCUT2D eigenvalue weighted by Crippen LogP contribution is 2.67. The molecule has 9 nitrogen and oxygen atoms in total. The van der Waals surface area contributed by atoms with Crippen LogP contribution in [0.1, 0.15) is 24.3 Å². The summed E-state index contributed by atoms with van der Waals surface area (Å²) in [5, 5.41) is 30.4. The molecular formula is C32H19BBrCl2F5N2O7. The SMILES string of the molecule is O=C1C2CC=C3C(CC4(Cl)C(=O)N(c5c(F)c(F)c(F)c(F)c5F)C(=O)C4(Cl)C3c3cc(Br)ccc3O)C2C(=O)N1c1cccc(B(O)O)c1. The molecule has 0 spiro atoms. The van der Waals surface area contributed by atoms with Gasteiger partial charge in [-0.25, -0.2) is 26.9 Å². The number of amides is 4. The Bertz CT molecular complexity index is 2100. The quantitative estimate of drug-likeness (QED) is 0.0682. The molecule has 7 rings (SSSR count). The van der Waals surface area contributed by atoms with Crippen molar-refractivity contribution in [1.82, 2.24) is 0 Å². The number of hydrogen-bond donors (Lipinski definition) is 3. The minimum atomic E-state index is -2.80. The van der Waals surface area contributed by atoms with Crippen molar-refractivity contribution < 1.29 is 56.3 Å². The van der Waals surface area contributed by atoms with E-state index < -0.39 is 111 Å². The van der Waals surface area contributed by atoms with Gasteiger partial charge in [-0.3, -0.25) is 24.1 Å². The fourth-order valence-electron chi connectivity index (χ4n) is 7.75. The first-order valence-electron chi connectivity index (χ1n) is 14.8. The van der Waals surface area contributed by atoms with Gasteiger partial charge in [0.25, 0.3) is 11.8 Å². The average molecular weight is 800 g/mol. The van der Waals surface area contributed by atoms with Crippen LogP contribution in [0, 0.1) is 46.8 Å². The normalized spacial score (nSPS) is 28.9.